The zero-order valence-corrected chi connectivity index (χ0v) is 9.85. The SMILES string of the molecule is O=C(O)c1ccc2c(c1)CC(C(=O)O)C(C(F)(F)F)O2. The number of carboxylic acid groups (broad SMARTS) is 2. The summed E-state index contributed by atoms with van der Waals surface area (Å²) in [6, 6.07) is 3.34. The van der Waals surface area contributed by atoms with Crippen molar-refractivity contribution in [3.63, 3.8) is 0 Å². The molecule has 20 heavy (non-hydrogen) atoms. The Morgan fingerprint density at radius 3 is 2.40 bits per heavy atom. The van der Waals surface area contributed by atoms with Crippen LogP contribution in [0.1, 0.15) is 15.9 Å². The van der Waals surface area contributed by atoms with E-state index in [0.29, 0.717) is 0 Å². The van der Waals surface area contributed by atoms with Crippen LogP contribution in [0.15, 0.2) is 18.2 Å². The molecule has 5 nitrogen and oxygen atoms in total. The molecule has 1 aliphatic rings. The molecule has 0 bridgehead atoms. The van der Waals surface area contributed by atoms with Gasteiger partial charge < -0.3 is 14.9 Å². The van der Waals surface area contributed by atoms with Gasteiger partial charge >= 0.3 is 18.1 Å². The number of rotatable bonds is 2. The van der Waals surface area contributed by atoms with Crippen LogP contribution in [-0.4, -0.2) is 34.4 Å². The highest BCUT2D eigenvalue weighted by molar-refractivity contribution is 5.88. The average molecular weight is 290 g/mol. The standard InChI is InChI=1S/C12H9F3O5/c13-12(14,15)9-7(11(18)19)4-6-3-5(10(16)17)1-2-8(6)20-9/h1-3,7,9H,4H2,(H,16,17)(H,18,19). The molecular weight excluding hydrogens is 281 g/mol. The molecule has 0 fully saturated rings. The molecule has 1 aromatic carbocycles. The third-order valence-electron chi connectivity index (χ3n) is 3.01. The molecule has 0 saturated heterocycles. The van der Waals surface area contributed by atoms with Crippen LogP contribution in [0.3, 0.4) is 0 Å². The minimum absolute atomic E-state index is 0.137. The molecule has 2 atom stereocenters. The van der Waals surface area contributed by atoms with Crippen LogP contribution in [0.4, 0.5) is 13.2 Å². The number of ether oxygens (including phenoxy) is 1. The van der Waals surface area contributed by atoms with Crippen molar-refractivity contribution in [2.75, 3.05) is 0 Å². The monoisotopic (exact) mass is 290 g/mol. The molecule has 1 heterocycles. The van der Waals surface area contributed by atoms with Crippen molar-refractivity contribution in [2.45, 2.75) is 18.7 Å². The van der Waals surface area contributed by atoms with Crippen LogP contribution in [0.25, 0.3) is 0 Å². The molecule has 0 spiro atoms. The highest BCUT2D eigenvalue weighted by atomic mass is 19.4. The molecule has 0 radical (unpaired) electrons. The van der Waals surface area contributed by atoms with Crippen molar-refractivity contribution < 1.29 is 37.7 Å². The Kier molecular flexibility index (Phi) is 3.33. The van der Waals surface area contributed by atoms with Crippen molar-refractivity contribution in [1.29, 1.82) is 0 Å². The smallest absolute Gasteiger partial charge is 0.426 e. The maximum Gasteiger partial charge on any atom is 0.426 e. The fourth-order valence-corrected chi connectivity index (χ4v) is 2.06. The second-order valence-corrected chi connectivity index (χ2v) is 4.36. The Hall–Kier alpha value is -2.25. The first-order chi connectivity index (χ1) is 9.20. The van der Waals surface area contributed by atoms with E-state index in [1.165, 1.54) is 0 Å². The lowest BCUT2D eigenvalue weighted by Crippen LogP contribution is -2.47. The van der Waals surface area contributed by atoms with Gasteiger partial charge in [-0.05, 0) is 30.2 Å². The lowest BCUT2D eigenvalue weighted by atomic mass is 9.89. The van der Waals surface area contributed by atoms with Gasteiger partial charge in [0.15, 0.2) is 0 Å². The number of hydrogen-bond acceptors (Lipinski definition) is 3. The molecule has 0 aromatic heterocycles. The van der Waals surface area contributed by atoms with Gasteiger partial charge in [-0.1, -0.05) is 0 Å². The number of carboxylic acids is 2. The number of fused-ring (bicyclic) bond motifs is 1. The van der Waals surface area contributed by atoms with E-state index in [1.807, 2.05) is 0 Å². The van der Waals surface area contributed by atoms with Crippen LogP contribution in [0, 0.1) is 5.92 Å². The van der Waals surface area contributed by atoms with E-state index in [2.05, 4.69) is 0 Å². The number of hydrogen-bond donors (Lipinski definition) is 2. The van der Waals surface area contributed by atoms with Gasteiger partial charge in [0.05, 0.1) is 5.56 Å². The lowest BCUT2D eigenvalue weighted by Gasteiger charge is -2.32. The molecule has 1 aromatic rings. The Morgan fingerprint density at radius 1 is 1.25 bits per heavy atom. The van der Waals surface area contributed by atoms with Crippen LogP contribution >= 0.6 is 0 Å². The first-order valence-corrected chi connectivity index (χ1v) is 5.52. The summed E-state index contributed by atoms with van der Waals surface area (Å²) in [5, 5.41) is 17.7. The molecule has 8 heteroatoms. The number of carbonyl (C=O) groups is 2. The van der Waals surface area contributed by atoms with Crippen molar-refractivity contribution >= 4 is 11.9 Å². The number of benzene rings is 1. The lowest BCUT2D eigenvalue weighted by molar-refractivity contribution is -0.217. The number of aromatic carboxylic acids is 1. The Balaban J connectivity index is 2.42. The van der Waals surface area contributed by atoms with Gasteiger partial charge in [-0.15, -0.1) is 0 Å². The second kappa shape index (κ2) is 4.69. The Bertz CT molecular complexity index is 567. The third kappa shape index (κ3) is 2.54. The van der Waals surface area contributed by atoms with E-state index in [-0.39, 0.29) is 16.9 Å². The molecule has 0 amide bonds. The molecule has 2 rings (SSSR count). The van der Waals surface area contributed by atoms with Crippen molar-refractivity contribution in [3.8, 4) is 5.75 Å². The van der Waals surface area contributed by atoms with E-state index in [0.717, 1.165) is 18.2 Å². The minimum atomic E-state index is -4.81. The summed E-state index contributed by atoms with van der Waals surface area (Å²) in [7, 11) is 0. The fourth-order valence-electron chi connectivity index (χ4n) is 2.06. The van der Waals surface area contributed by atoms with E-state index in [4.69, 9.17) is 14.9 Å². The Labute approximate surface area is 110 Å². The average Bonchev–Trinajstić information content (AvgIpc) is 2.35. The zero-order chi connectivity index (χ0) is 15.1. The van der Waals surface area contributed by atoms with Gasteiger partial charge in [-0.2, -0.15) is 13.2 Å². The Morgan fingerprint density at radius 2 is 1.90 bits per heavy atom. The molecule has 108 valence electrons. The van der Waals surface area contributed by atoms with Gasteiger partial charge in [-0.25, -0.2) is 4.79 Å². The molecular formula is C12H9F3O5. The summed E-state index contributed by atoms with van der Waals surface area (Å²) in [6.45, 7) is 0. The molecule has 1 aliphatic heterocycles. The predicted molar refractivity (Wildman–Crippen MR) is 58.7 cm³/mol. The van der Waals surface area contributed by atoms with Gasteiger partial charge in [0, 0.05) is 0 Å². The largest absolute Gasteiger partial charge is 0.481 e. The summed E-state index contributed by atoms with van der Waals surface area (Å²) in [6.07, 6.45) is -7.69. The van der Waals surface area contributed by atoms with Crippen molar-refractivity contribution in [1.82, 2.24) is 0 Å². The number of alkyl halides is 3. The fraction of sp³-hybridized carbons (Fsp3) is 0.333. The molecule has 2 N–H and O–H groups in total. The van der Waals surface area contributed by atoms with E-state index < -0.39 is 36.6 Å². The highest BCUT2D eigenvalue weighted by Gasteiger charge is 2.52. The zero-order valence-electron chi connectivity index (χ0n) is 9.85. The first kappa shape index (κ1) is 14.2. The number of halogens is 3. The second-order valence-electron chi connectivity index (χ2n) is 4.36. The normalized spacial score (nSPS) is 21.8. The summed E-state index contributed by atoms with van der Waals surface area (Å²) in [4.78, 5) is 21.7. The van der Waals surface area contributed by atoms with E-state index in [9.17, 15) is 22.8 Å². The van der Waals surface area contributed by atoms with Crippen molar-refractivity contribution in [3.05, 3.63) is 29.3 Å². The summed E-state index contributed by atoms with van der Waals surface area (Å²) < 4.78 is 43.0. The van der Waals surface area contributed by atoms with Gasteiger partial charge in [0.1, 0.15) is 11.7 Å². The quantitative estimate of drug-likeness (QED) is 0.869. The van der Waals surface area contributed by atoms with Crippen LogP contribution in [-0.2, 0) is 11.2 Å². The number of aliphatic carboxylic acids is 1. The first-order valence-electron chi connectivity index (χ1n) is 5.52. The van der Waals surface area contributed by atoms with Crippen molar-refractivity contribution in [2.24, 2.45) is 5.92 Å². The highest BCUT2D eigenvalue weighted by Crippen LogP contribution is 2.38. The summed E-state index contributed by atoms with van der Waals surface area (Å²) in [5.41, 5.74) is -0.000234. The molecule has 2 unspecified atom stereocenters. The van der Waals surface area contributed by atoms with E-state index in [1.54, 1.807) is 0 Å². The van der Waals surface area contributed by atoms with Crippen LogP contribution in [0.5, 0.6) is 5.75 Å². The maximum absolute atomic E-state index is 12.8. The van der Waals surface area contributed by atoms with Gasteiger partial charge in [0.25, 0.3) is 0 Å². The summed E-state index contributed by atoms with van der Waals surface area (Å²) in [5.74, 6) is -4.84. The maximum atomic E-state index is 12.8. The predicted octanol–water partition coefficient (Wildman–Crippen LogP) is 1.95. The van der Waals surface area contributed by atoms with E-state index >= 15 is 0 Å². The van der Waals surface area contributed by atoms with Gasteiger partial charge in [0.2, 0.25) is 6.10 Å². The summed E-state index contributed by atoms with van der Waals surface area (Å²) >= 11 is 0. The third-order valence-corrected chi connectivity index (χ3v) is 3.01. The molecule has 0 aliphatic carbocycles. The minimum Gasteiger partial charge on any atom is -0.481 e. The van der Waals surface area contributed by atoms with Crippen LogP contribution in [0.2, 0.25) is 0 Å². The topological polar surface area (TPSA) is 83.8 Å². The molecule has 0 saturated carbocycles. The van der Waals surface area contributed by atoms with Gasteiger partial charge in [-0.3, -0.25) is 4.79 Å². The van der Waals surface area contributed by atoms with Crippen LogP contribution < -0.4 is 4.74 Å².